The van der Waals surface area contributed by atoms with Gasteiger partial charge in [0.15, 0.2) is 5.75 Å². The molecule has 2 aromatic carbocycles. The molecule has 9 heteroatoms. The molecule has 0 radical (unpaired) electrons. The van der Waals surface area contributed by atoms with Crippen LogP contribution in [0.3, 0.4) is 0 Å². The van der Waals surface area contributed by atoms with E-state index in [0.717, 1.165) is 23.9 Å². The SMILES string of the molecule is COc1nc2ccc(Oc3c(Cl)cc([N+](=O)[O-])cc3Cl)cc2n1C1CC1. The minimum absolute atomic E-state index is 0.0672. The number of ether oxygens (including phenoxy) is 2. The molecule has 134 valence electrons. The van der Waals surface area contributed by atoms with Gasteiger partial charge in [0.2, 0.25) is 0 Å². The highest BCUT2D eigenvalue weighted by Gasteiger charge is 2.29. The van der Waals surface area contributed by atoms with Crippen LogP contribution in [-0.4, -0.2) is 21.6 Å². The predicted octanol–water partition coefficient (Wildman–Crippen LogP) is 5.39. The van der Waals surface area contributed by atoms with Gasteiger partial charge in [-0.05, 0) is 25.0 Å². The largest absolute Gasteiger partial charge is 0.468 e. The lowest BCUT2D eigenvalue weighted by Crippen LogP contribution is -1.98. The number of hydrogen-bond acceptors (Lipinski definition) is 5. The molecule has 0 N–H and O–H groups in total. The van der Waals surface area contributed by atoms with Gasteiger partial charge >= 0.3 is 0 Å². The summed E-state index contributed by atoms with van der Waals surface area (Å²) in [4.78, 5) is 14.8. The van der Waals surface area contributed by atoms with Gasteiger partial charge in [-0.2, -0.15) is 4.98 Å². The maximum absolute atomic E-state index is 10.9. The van der Waals surface area contributed by atoms with E-state index in [2.05, 4.69) is 4.98 Å². The molecule has 1 heterocycles. The molecule has 0 atom stereocenters. The van der Waals surface area contributed by atoms with Gasteiger partial charge in [0, 0.05) is 24.2 Å². The summed E-state index contributed by atoms with van der Waals surface area (Å²) >= 11 is 12.2. The Bertz CT molecular complexity index is 1010. The highest BCUT2D eigenvalue weighted by atomic mass is 35.5. The lowest BCUT2D eigenvalue weighted by atomic mass is 10.2. The smallest absolute Gasteiger partial charge is 0.297 e. The van der Waals surface area contributed by atoms with Crippen molar-refractivity contribution in [1.29, 1.82) is 0 Å². The highest BCUT2D eigenvalue weighted by molar-refractivity contribution is 6.37. The number of halogens is 2. The number of nitro benzene ring substituents is 1. The number of non-ortho nitro benzene ring substituents is 1. The number of nitro groups is 1. The fourth-order valence-corrected chi connectivity index (χ4v) is 3.36. The van der Waals surface area contributed by atoms with Crippen molar-refractivity contribution in [2.75, 3.05) is 7.11 Å². The fraction of sp³-hybridized carbons (Fsp3) is 0.235. The van der Waals surface area contributed by atoms with Crippen LogP contribution in [0.4, 0.5) is 5.69 Å². The van der Waals surface area contributed by atoms with Crippen molar-refractivity contribution in [1.82, 2.24) is 9.55 Å². The van der Waals surface area contributed by atoms with Crippen molar-refractivity contribution in [3.05, 3.63) is 50.5 Å². The van der Waals surface area contributed by atoms with Crippen molar-refractivity contribution in [3.63, 3.8) is 0 Å². The summed E-state index contributed by atoms with van der Waals surface area (Å²) < 4.78 is 13.2. The third kappa shape index (κ3) is 2.93. The first-order valence-corrected chi connectivity index (χ1v) is 8.61. The van der Waals surface area contributed by atoms with Crippen molar-refractivity contribution in [2.45, 2.75) is 18.9 Å². The monoisotopic (exact) mass is 393 g/mol. The van der Waals surface area contributed by atoms with E-state index in [1.807, 2.05) is 16.7 Å². The zero-order valence-corrected chi connectivity index (χ0v) is 15.1. The summed E-state index contributed by atoms with van der Waals surface area (Å²) in [6.45, 7) is 0. The van der Waals surface area contributed by atoms with Crippen LogP contribution in [0.1, 0.15) is 18.9 Å². The number of nitrogens with zero attached hydrogens (tertiary/aromatic N) is 3. The van der Waals surface area contributed by atoms with Crippen LogP contribution in [0.2, 0.25) is 10.0 Å². The van der Waals surface area contributed by atoms with Gasteiger partial charge in [0.05, 0.1) is 33.1 Å². The predicted molar refractivity (Wildman–Crippen MR) is 97.7 cm³/mol. The van der Waals surface area contributed by atoms with Gasteiger partial charge in [-0.1, -0.05) is 23.2 Å². The van der Waals surface area contributed by atoms with Crippen molar-refractivity contribution >= 4 is 39.9 Å². The number of hydrogen-bond donors (Lipinski definition) is 0. The summed E-state index contributed by atoms with van der Waals surface area (Å²) in [5.41, 5.74) is 1.48. The van der Waals surface area contributed by atoms with Crippen LogP contribution in [0.5, 0.6) is 17.5 Å². The number of rotatable bonds is 5. The van der Waals surface area contributed by atoms with Crippen LogP contribution in [0, 0.1) is 10.1 Å². The summed E-state index contributed by atoms with van der Waals surface area (Å²) in [6, 6.07) is 8.73. The van der Waals surface area contributed by atoms with E-state index >= 15 is 0 Å². The normalized spacial score (nSPS) is 13.8. The van der Waals surface area contributed by atoms with Crippen LogP contribution in [0.25, 0.3) is 11.0 Å². The maximum Gasteiger partial charge on any atom is 0.297 e. The molecule has 0 spiro atoms. The number of fused-ring (bicyclic) bond motifs is 1. The Hall–Kier alpha value is -2.51. The van der Waals surface area contributed by atoms with Crippen molar-refractivity contribution in [3.8, 4) is 17.5 Å². The average Bonchev–Trinajstić information content (AvgIpc) is 3.37. The summed E-state index contributed by atoms with van der Waals surface area (Å²) in [5, 5.41) is 11.0. The molecule has 7 nitrogen and oxygen atoms in total. The third-order valence-corrected chi connectivity index (χ3v) is 4.70. The molecular weight excluding hydrogens is 381 g/mol. The first-order chi connectivity index (χ1) is 12.5. The van der Waals surface area contributed by atoms with E-state index in [9.17, 15) is 10.1 Å². The molecule has 0 bridgehead atoms. The number of imidazole rings is 1. The first kappa shape index (κ1) is 16.9. The highest BCUT2D eigenvalue weighted by Crippen LogP contribution is 2.43. The second-order valence-electron chi connectivity index (χ2n) is 5.95. The lowest BCUT2D eigenvalue weighted by molar-refractivity contribution is -0.384. The van der Waals surface area contributed by atoms with E-state index in [0.29, 0.717) is 17.8 Å². The number of aromatic nitrogens is 2. The third-order valence-electron chi connectivity index (χ3n) is 4.14. The lowest BCUT2D eigenvalue weighted by Gasteiger charge is -2.10. The Morgan fingerprint density at radius 1 is 1.23 bits per heavy atom. The van der Waals surface area contributed by atoms with Crippen molar-refractivity contribution < 1.29 is 14.4 Å². The topological polar surface area (TPSA) is 79.4 Å². The van der Waals surface area contributed by atoms with Crippen molar-refractivity contribution in [2.24, 2.45) is 0 Å². The minimum Gasteiger partial charge on any atom is -0.468 e. The van der Waals surface area contributed by atoms with E-state index in [1.165, 1.54) is 12.1 Å². The molecule has 26 heavy (non-hydrogen) atoms. The molecule has 0 aliphatic heterocycles. The van der Waals surface area contributed by atoms with E-state index in [-0.39, 0.29) is 21.5 Å². The summed E-state index contributed by atoms with van der Waals surface area (Å²) in [6.07, 6.45) is 2.15. The Balaban J connectivity index is 1.74. The Morgan fingerprint density at radius 2 is 1.92 bits per heavy atom. The number of methoxy groups -OCH3 is 1. The van der Waals surface area contributed by atoms with Crippen LogP contribution < -0.4 is 9.47 Å². The zero-order chi connectivity index (χ0) is 18.4. The van der Waals surface area contributed by atoms with Gasteiger partial charge < -0.3 is 9.47 Å². The fourth-order valence-electron chi connectivity index (χ4n) is 2.81. The molecule has 4 rings (SSSR count). The Labute approximate surface area is 158 Å². The minimum atomic E-state index is -0.561. The van der Waals surface area contributed by atoms with E-state index in [4.69, 9.17) is 32.7 Å². The number of benzene rings is 2. The van der Waals surface area contributed by atoms with E-state index in [1.54, 1.807) is 13.2 Å². The second-order valence-corrected chi connectivity index (χ2v) is 6.76. The van der Waals surface area contributed by atoms with Gasteiger partial charge in [-0.25, -0.2) is 0 Å². The molecule has 1 fully saturated rings. The van der Waals surface area contributed by atoms with Gasteiger partial charge in [-0.3, -0.25) is 14.7 Å². The molecule has 1 aliphatic carbocycles. The Kier molecular flexibility index (Phi) is 4.13. The average molecular weight is 394 g/mol. The standard InChI is InChI=1S/C17H13Cl2N3O4/c1-25-17-20-14-5-4-11(8-15(14)21(17)9-2-3-9)26-16-12(18)6-10(22(23)24)7-13(16)19/h4-9H,2-3H2,1H3. The molecule has 0 saturated heterocycles. The quantitative estimate of drug-likeness (QED) is 0.428. The molecule has 1 aliphatic rings. The zero-order valence-electron chi connectivity index (χ0n) is 13.6. The van der Waals surface area contributed by atoms with Crippen LogP contribution >= 0.6 is 23.2 Å². The molecule has 3 aromatic rings. The first-order valence-electron chi connectivity index (χ1n) is 7.85. The second kappa shape index (κ2) is 6.34. The molecular formula is C17H13Cl2N3O4. The van der Waals surface area contributed by atoms with Gasteiger partial charge in [-0.15, -0.1) is 0 Å². The molecule has 1 saturated carbocycles. The van der Waals surface area contributed by atoms with E-state index < -0.39 is 4.92 Å². The summed E-state index contributed by atoms with van der Waals surface area (Å²) in [7, 11) is 1.59. The van der Waals surface area contributed by atoms with Crippen LogP contribution in [-0.2, 0) is 0 Å². The van der Waals surface area contributed by atoms with Crippen LogP contribution in [0.15, 0.2) is 30.3 Å². The maximum atomic E-state index is 10.9. The molecule has 0 amide bonds. The molecule has 0 unspecified atom stereocenters. The molecule has 1 aromatic heterocycles. The van der Waals surface area contributed by atoms with Gasteiger partial charge in [0.1, 0.15) is 5.75 Å². The Morgan fingerprint density at radius 3 is 2.50 bits per heavy atom. The van der Waals surface area contributed by atoms with Gasteiger partial charge in [0.25, 0.3) is 11.7 Å². The summed E-state index contributed by atoms with van der Waals surface area (Å²) in [5.74, 6) is 0.669.